The lowest BCUT2D eigenvalue weighted by molar-refractivity contribution is 0.733. The fourth-order valence-corrected chi connectivity index (χ4v) is 6.30. The van der Waals surface area contributed by atoms with E-state index >= 15 is 0 Å². The number of allylic oxidation sites excluding steroid dienone is 7. The second-order valence-corrected chi connectivity index (χ2v) is 11.1. The van der Waals surface area contributed by atoms with Gasteiger partial charge in [0.25, 0.3) is 0 Å². The van der Waals surface area contributed by atoms with E-state index in [1.165, 1.54) is 66.1 Å². The Balaban J connectivity index is 0.000000382. The fraction of sp³-hybridized carbons (Fsp3) is 0.143. The van der Waals surface area contributed by atoms with E-state index < -0.39 is 0 Å². The summed E-state index contributed by atoms with van der Waals surface area (Å²) in [4.78, 5) is 0. The summed E-state index contributed by atoms with van der Waals surface area (Å²) in [7, 11) is 0. The standard InChI is InChI=1S/C34H32.C8H6/c1-6-7-8-13-22(2)26-18-19-27-20-23(3)33(25(5)32(27)21-26)34-24(4)28-14-9-10-15-29(28)30-16-11-12-17-31(30)34;1-2-8-6-4-3-5-7-8/h6-19,21,23H,1,20H2,2-5H3;1,3-7H/b8-7-,22-13+;. The van der Waals surface area contributed by atoms with Gasteiger partial charge in [0.15, 0.2) is 0 Å². The normalized spacial score (nSPS) is 14.8. The van der Waals surface area contributed by atoms with Crippen LogP contribution in [0.5, 0.6) is 0 Å². The first kappa shape index (κ1) is 28.7. The first-order valence-electron chi connectivity index (χ1n) is 14.7. The van der Waals surface area contributed by atoms with E-state index in [4.69, 9.17) is 6.42 Å². The van der Waals surface area contributed by atoms with Crippen molar-refractivity contribution in [3.63, 3.8) is 0 Å². The highest BCUT2D eigenvalue weighted by atomic mass is 14.3. The summed E-state index contributed by atoms with van der Waals surface area (Å²) >= 11 is 0. The van der Waals surface area contributed by atoms with Gasteiger partial charge >= 0.3 is 0 Å². The quantitative estimate of drug-likeness (QED) is 0.120. The van der Waals surface area contributed by atoms with Gasteiger partial charge in [-0.2, -0.15) is 0 Å². The fourth-order valence-electron chi connectivity index (χ4n) is 6.30. The maximum atomic E-state index is 5.10. The Morgan fingerprint density at radius 3 is 2.07 bits per heavy atom. The summed E-state index contributed by atoms with van der Waals surface area (Å²) in [6, 6.07) is 34.4. The highest BCUT2D eigenvalue weighted by Crippen LogP contribution is 2.46. The summed E-state index contributed by atoms with van der Waals surface area (Å²) in [5.41, 5.74) is 12.1. The van der Waals surface area contributed by atoms with Crippen LogP contribution in [0.4, 0.5) is 0 Å². The molecule has 0 saturated carbocycles. The Labute approximate surface area is 251 Å². The molecule has 1 atom stereocenters. The van der Waals surface area contributed by atoms with Crippen molar-refractivity contribution in [3.05, 3.63) is 161 Å². The van der Waals surface area contributed by atoms with Gasteiger partial charge in [0.2, 0.25) is 0 Å². The van der Waals surface area contributed by atoms with Gasteiger partial charge < -0.3 is 0 Å². The van der Waals surface area contributed by atoms with E-state index in [1.807, 2.05) is 42.5 Å². The zero-order chi connectivity index (χ0) is 29.6. The Hall–Kier alpha value is -4.86. The molecule has 0 amide bonds. The third-order valence-electron chi connectivity index (χ3n) is 8.39. The number of benzene rings is 5. The van der Waals surface area contributed by atoms with Crippen molar-refractivity contribution in [1.82, 2.24) is 0 Å². The monoisotopic (exact) mass is 542 g/mol. The van der Waals surface area contributed by atoms with Crippen LogP contribution >= 0.6 is 0 Å². The molecule has 0 fully saturated rings. The number of aryl methyl sites for hydroxylation is 1. The van der Waals surface area contributed by atoms with Crippen LogP contribution in [-0.4, -0.2) is 0 Å². The van der Waals surface area contributed by atoms with Crippen LogP contribution in [0.15, 0.2) is 128 Å². The van der Waals surface area contributed by atoms with Crippen molar-refractivity contribution in [1.29, 1.82) is 0 Å². The molecule has 0 N–H and O–H groups in total. The molecule has 206 valence electrons. The lowest BCUT2D eigenvalue weighted by Gasteiger charge is -2.30. The molecule has 0 spiro atoms. The predicted octanol–water partition coefficient (Wildman–Crippen LogP) is 11.2. The first-order chi connectivity index (χ1) is 20.4. The van der Waals surface area contributed by atoms with Crippen LogP contribution in [-0.2, 0) is 6.42 Å². The van der Waals surface area contributed by atoms with Crippen LogP contribution in [0.1, 0.15) is 54.2 Å². The lowest BCUT2D eigenvalue weighted by Crippen LogP contribution is -2.14. The highest BCUT2D eigenvalue weighted by molar-refractivity contribution is 6.15. The van der Waals surface area contributed by atoms with Crippen LogP contribution in [0.3, 0.4) is 0 Å². The number of terminal acetylenes is 1. The number of hydrogen-bond acceptors (Lipinski definition) is 0. The lowest BCUT2D eigenvalue weighted by atomic mass is 9.74. The maximum Gasteiger partial charge on any atom is 0.0242 e. The van der Waals surface area contributed by atoms with Gasteiger partial charge in [-0.3, -0.25) is 0 Å². The molecule has 6 rings (SSSR count). The molecule has 0 aromatic heterocycles. The minimum atomic E-state index is 0.466. The van der Waals surface area contributed by atoms with Gasteiger partial charge in [0, 0.05) is 5.56 Å². The number of hydrogen-bond donors (Lipinski definition) is 0. The highest BCUT2D eigenvalue weighted by Gasteiger charge is 2.26. The number of fused-ring (bicyclic) bond motifs is 4. The maximum absolute atomic E-state index is 5.10. The summed E-state index contributed by atoms with van der Waals surface area (Å²) in [6.07, 6.45) is 14.2. The summed E-state index contributed by atoms with van der Waals surface area (Å²) in [6.45, 7) is 13.0. The van der Waals surface area contributed by atoms with Crippen molar-refractivity contribution in [2.45, 2.75) is 34.1 Å². The largest absolute Gasteiger partial charge is 0.115 e. The van der Waals surface area contributed by atoms with Gasteiger partial charge in [0.05, 0.1) is 0 Å². The Morgan fingerprint density at radius 1 is 0.810 bits per heavy atom. The van der Waals surface area contributed by atoms with Crippen LogP contribution in [0.2, 0.25) is 0 Å². The molecular weight excluding hydrogens is 504 g/mol. The molecule has 42 heavy (non-hydrogen) atoms. The van der Waals surface area contributed by atoms with E-state index in [0.717, 1.165) is 12.0 Å². The van der Waals surface area contributed by atoms with Gasteiger partial charge in [0.1, 0.15) is 0 Å². The summed E-state index contributed by atoms with van der Waals surface area (Å²) in [5, 5.41) is 5.41. The Bertz CT molecular complexity index is 1900. The molecule has 0 saturated heterocycles. The third-order valence-corrected chi connectivity index (χ3v) is 8.39. The molecule has 1 unspecified atom stereocenters. The van der Waals surface area contributed by atoms with Crippen LogP contribution in [0.25, 0.3) is 38.3 Å². The average molecular weight is 543 g/mol. The van der Waals surface area contributed by atoms with Gasteiger partial charge in [-0.05, 0) is 117 Å². The minimum Gasteiger partial charge on any atom is -0.115 e. The van der Waals surface area contributed by atoms with Crippen molar-refractivity contribution in [2.24, 2.45) is 5.92 Å². The molecule has 0 aliphatic heterocycles. The van der Waals surface area contributed by atoms with Crippen LogP contribution in [0, 0.1) is 25.2 Å². The van der Waals surface area contributed by atoms with E-state index in [-0.39, 0.29) is 0 Å². The molecule has 0 heteroatoms. The molecule has 5 aromatic carbocycles. The third kappa shape index (κ3) is 5.65. The van der Waals surface area contributed by atoms with E-state index in [0.29, 0.717) is 5.92 Å². The van der Waals surface area contributed by atoms with Crippen molar-refractivity contribution >= 4 is 38.3 Å². The summed E-state index contributed by atoms with van der Waals surface area (Å²) < 4.78 is 0. The topological polar surface area (TPSA) is 0 Å². The van der Waals surface area contributed by atoms with Crippen molar-refractivity contribution in [2.75, 3.05) is 0 Å². The van der Waals surface area contributed by atoms with Gasteiger partial charge in [-0.25, -0.2) is 0 Å². The molecule has 0 radical (unpaired) electrons. The SMILES string of the molecule is C#Cc1ccccc1.C=C/C=C\C=C(/C)c1ccc2c(c1)C(C)=C(c1c(C)c3ccccc3c3ccccc13)C(C)C2. The molecule has 5 aromatic rings. The zero-order valence-corrected chi connectivity index (χ0v) is 25.1. The zero-order valence-electron chi connectivity index (χ0n) is 25.1. The van der Waals surface area contributed by atoms with E-state index in [2.05, 4.69) is 119 Å². The average Bonchev–Trinajstić information content (AvgIpc) is 3.03. The molecule has 0 heterocycles. The first-order valence-corrected chi connectivity index (χ1v) is 14.7. The minimum absolute atomic E-state index is 0.466. The van der Waals surface area contributed by atoms with Crippen LogP contribution < -0.4 is 0 Å². The Morgan fingerprint density at radius 2 is 1.43 bits per heavy atom. The van der Waals surface area contributed by atoms with Gasteiger partial charge in [-0.15, -0.1) is 6.42 Å². The summed E-state index contributed by atoms with van der Waals surface area (Å²) in [5.74, 6) is 2.99. The second-order valence-electron chi connectivity index (χ2n) is 11.1. The number of rotatable bonds is 4. The molecule has 0 bridgehead atoms. The molecular formula is C42H38. The van der Waals surface area contributed by atoms with Crippen molar-refractivity contribution in [3.8, 4) is 12.3 Å². The molecule has 1 aliphatic carbocycles. The molecule has 0 nitrogen and oxygen atoms in total. The second kappa shape index (κ2) is 12.8. The van der Waals surface area contributed by atoms with Crippen molar-refractivity contribution < 1.29 is 0 Å². The van der Waals surface area contributed by atoms with E-state index in [9.17, 15) is 0 Å². The van der Waals surface area contributed by atoms with E-state index in [1.54, 1.807) is 0 Å². The van der Waals surface area contributed by atoms with Gasteiger partial charge in [-0.1, -0.05) is 123 Å². The smallest absolute Gasteiger partial charge is 0.0242 e. The Kier molecular flexibility index (Phi) is 8.71. The predicted molar refractivity (Wildman–Crippen MR) is 185 cm³/mol. The molecule has 1 aliphatic rings.